The summed E-state index contributed by atoms with van der Waals surface area (Å²) in [6.07, 6.45) is -1.34. The van der Waals surface area contributed by atoms with Crippen molar-refractivity contribution in [2.24, 2.45) is 0 Å². The van der Waals surface area contributed by atoms with Crippen molar-refractivity contribution in [3.05, 3.63) is 71.8 Å². The Balaban J connectivity index is 2.07. The third kappa shape index (κ3) is 7.83. The van der Waals surface area contributed by atoms with E-state index in [9.17, 15) is 14.7 Å². The van der Waals surface area contributed by atoms with Crippen molar-refractivity contribution in [1.82, 2.24) is 10.6 Å². The van der Waals surface area contributed by atoms with E-state index in [0.717, 1.165) is 5.56 Å². The third-order valence-corrected chi connectivity index (χ3v) is 3.95. The van der Waals surface area contributed by atoms with Crippen LogP contribution in [0.25, 0.3) is 0 Å². The number of hydrogen-bond donors (Lipinski definition) is 3. The standard InChI is InChI=1S/C22H28N2O5/c1-22(2,3)29-21(27)24-19(17-12-8-5-9-13-17)18(14-25)23-20(26)28-15-16-10-6-4-7-11-16/h4-13,18-19,25H,14-15H2,1-3H3,(H,23,26)(H,24,27)/t18-,19-/m1/s1. The molecular weight excluding hydrogens is 372 g/mol. The fourth-order valence-corrected chi connectivity index (χ4v) is 2.66. The molecule has 0 aliphatic heterocycles. The first-order valence-corrected chi connectivity index (χ1v) is 9.41. The second kappa shape index (κ2) is 10.5. The number of benzene rings is 2. The van der Waals surface area contributed by atoms with Gasteiger partial charge in [-0.2, -0.15) is 0 Å². The van der Waals surface area contributed by atoms with Crippen LogP contribution in [0.5, 0.6) is 0 Å². The molecule has 0 bridgehead atoms. The molecule has 2 amide bonds. The Morgan fingerprint density at radius 3 is 2.07 bits per heavy atom. The smallest absolute Gasteiger partial charge is 0.408 e. The van der Waals surface area contributed by atoms with Crippen LogP contribution in [0.15, 0.2) is 60.7 Å². The van der Waals surface area contributed by atoms with Crippen LogP contribution < -0.4 is 10.6 Å². The Kier molecular flexibility index (Phi) is 8.03. The molecule has 0 aliphatic carbocycles. The fraction of sp³-hybridized carbons (Fsp3) is 0.364. The van der Waals surface area contributed by atoms with E-state index in [-0.39, 0.29) is 6.61 Å². The zero-order chi connectivity index (χ0) is 21.3. The number of nitrogens with one attached hydrogen (secondary N) is 2. The van der Waals surface area contributed by atoms with Crippen molar-refractivity contribution < 1.29 is 24.2 Å². The summed E-state index contributed by atoms with van der Waals surface area (Å²) in [7, 11) is 0. The highest BCUT2D eigenvalue weighted by molar-refractivity contribution is 5.70. The predicted molar refractivity (Wildman–Crippen MR) is 109 cm³/mol. The fourth-order valence-electron chi connectivity index (χ4n) is 2.66. The lowest BCUT2D eigenvalue weighted by Gasteiger charge is -2.29. The number of amides is 2. The molecule has 0 fully saturated rings. The number of carbonyl (C=O) groups is 2. The quantitative estimate of drug-likeness (QED) is 0.661. The topological polar surface area (TPSA) is 96.9 Å². The van der Waals surface area contributed by atoms with Gasteiger partial charge in [-0.1, -0.05) is 60.7 Å². The first-order valence-electron chi connectivity index (χ1n) is 9.41. The number of rotatable bonds is 7. The van der Waals surface area contributed by atoms with E-state index >= 15 is 0 Å². The lowest BCUT2D eigenvalue weighted by atomic mass is 10.00. The van der Waals surface area contributed by atoms with Crippen molar-refractivity contribution in [2.75, 3.05) is 6.61 Å². The predicted octanol–water partition coefficient (Wildman–Crippen LogP) is 3.54. The highest BCUT2D eigenvalue weighted by atomic mass is 16.6. The zero-order valence-corrected chi connectivity index (χ0v) is 16.9. The highest BCUT2D eigenvalue weighted by Crippen LogP contribution is 2.18. The van der Waals surface area contributed by atoms with Crippen LogP contribution in [0.3, 0.4) is 0 Å². The van der Waals surface area contributed by atoms with Gasteiger partial charge in [-0.05, 0) is 31.9 Å². The molecule has 0 radical (unpaired) electrons. The Hall–Kier alpha value is -3.06. The lowest BCUT2D eigenvalue weighted by Crippen LogP contribution is -2.49. The van der Waals surface area contributed by atoms with Crippen LogP contribution in [0.1, 0.15) is 37.9 Å². The second-order valence-corrected chi connectivity index (χ2v) is 7.53. The summed E-state index contributed by atoms with van der Waals surface area (Å²) < 4.78 is 10.5. The molecule has 0 unspecified atom stereocenters. The summed E-state index contributed by atoms with van der Waals surface area (Å²) >= 11 is 0. The summed E-state index contributed by atoms with van der Waals surface area (Å²) in [5.74, 6) is 0. The van der Waals surface area contributed by atoms with Gasteiger partial charge in [0.15, 0.2) is 0 Å². The SMILES string of the molecule is CC(C)(C)OC(=O)N[C@H](c1ccccc1)[C@@H](CO)NC(=O)OCc1ccccc1. The molecule has 0 saturated heterocycles. The van der Waals surface area contributed by atoms with E-state index < -0.39 is 36.5 Å². The molecule has 0 spiro atoms. The summed E-state index contributed by atoms with van der Waals surface area (Å²) in [6, 6.07) is 16.8. The Morgan fingerprint density at radius 1 is 0.931 bits per heavy atom. The number of carbonyl (C=O) groups excluding carboxylic acids is 2. The third-order valence-electron chi connectivity index (χ3n) is 3.95. The first-order chi connectivity index (χ1) is 13.8. The van der Waals surface area contributed by atoms with Crippen LogP contribution >= 0.6 is 0 Å². The van der Waals surface area contributed by atoms with E-state index in [0.29, 0.717) is 5.56 Å². The number of alkyl carbamates (subject to hydrolysis) is 2. The maximum Gasteiger partial charge on any atom is 0.408 e. The Labute approximate surface area is 171 Å². The van der Waals surface area contributed by atoms with E-state index in [1.165, 1.54) is 0 Å². The van der Waals surface area contributed by atoms with Gasteiger partial charge in [0.25, 0.3) is 0 Å². The Bertz CT molecular complexity index is 775. The average Bonchev–Trinajstić information content (AvgIpc) is 2.69. The van der Waals surface area contributed by atoms with E-state index in [1.54, 1.807) is 45.0 Å². The van der Waals surface area contributed by atoms with E-state index in [2.05, 4.69) is 10.6 Å². The summed E-state index contributed by atoms with van der Waals surface area (Å²) in [5, 5.41) is 15.2. The molecule has 3 N–H and O–H groups in total. The summed E-state index contributed by atoms with van der Waals surface area (Å²) in [6.45, 7) is 4.96. The molecule has 2 aromatic rings. The minimum Gasteiger partial charge on any atom is -0.445 e. The van der Waals surface area contributed by atoms with Crippen molar-refractivity contribution >= 4 is 12.2 Å². The van der Waals surface area contributed by atoms with Crippen molar-refractivity contribution in [1.29, 1.82) is 0 Å². The molecule has 2 aromatic carbocycles. The molecule has 0 saturated carbocycles. The molecule has 0 aromatic heterocycles. The molecule has 7 heteroatoms. The van der Waals surface area contributed by atoms with Gasteiger partial charge in [-0.3, -0.25) is 0 Å². The van der Waals surface area contributed by atoms with Gasteiger partial charge in [0, 0.05) is 0 Å². The van der Waals surface area contributed by atoms with Gasteiger partial charge < -0.3 is 25.2 Å². The molecule has 0 heterocycles. The van der Waals surface area contributed by atoms with E-state index in [4.69, 9.17) is 9.47 Å². The van der Waals surface area contributed by atoms with Crippen molar-refractivity contribution in [2.45, 2.75) is 45.1 Å². The van der Waals surface area contributed by atoms with Crippen molar-refractivity contribution in [3.8, 4) is 0 Å². The number of aliphatic hydroxyl groups excluding tert-OH is 1. The summed E-state index contributed by atoms with van der Waals surface area (Å²) in [4.78, 5) is 24.5. The van der Waals surface area contributed by atoms with Crippen LogP contribution in [0.4, 0.5) is 9.59 Å². The minimum absolute atomic E-state index is 0.0975. The molecule has 2 atom stereocenters. The molecule has 156 valence electrons. The van der Waals surface area contributed by atoms with Crippen molar-refractivity contribution in [3.63, 3.8) is 0 Å². The summed E-state index contributed by atoms with van der Waals surface area (Å²) in [5.41, 5.74) is 0.873. The number of ether oxygens (including phenoxy) is 2. The van der Waals surface area contributed by atoms with Crippen LogP contribution in [0.2, 0.25) is 0 Å². The van der Waals surface area contributed by atoms with Gasteiger partial charge in [0.2, 0.25) is 0 Å². The number of aliphatic hydroxyl groups is 1. The second-order valence-electron chi connectivity index (χ2n) is 7.53. The van der Waals surface area contributed by atoms with Crippen LogP contribution in [-0.2, 0) is 16.1 Å². The van der Waals surface area contributed by atoms with Gasteiger partial charge in [0.05, 0.1) is 18.7 Å². The van der Waals surface area contributed by atoms with Gasteiger partial charge in [0.1, 0.15) is 12.2 Å². The average molecular weight is 400 g/mol. The lowest BCUT2D eigenvalue weighted by molar-refractivity contribution is 0.0476. The maximum atomic E-state index is 12.3. The van der Waals surface area contributed by atoms with Crippen LogP contribution in [0, 0.1) is 0 Å². The number of hydrogen-bond acceptors (Lipinski definition) is 5. The molecule has 2 rings (SSSR count). The van der Waals surface area contributed by atoms with Gasteiger partial charge >= 0.3 is 12.2 Å². The monoisotopic (exact) mass is 400 g/mol. The molecular formula is C22H28N2O5. The first kappa shape index (κ1) is 22.2. The van der Waals surface area contributed by atoms with E-state index in [1.807, 2.05) is 36.4 Å². The van der Waals surface area contributed by atoms with Crippen LogP contribution in [-0.4, -0.2) is 35.5 Å². The highest BCUT2D eigenvalue weighted by Gasteiger charge is 2.28. The molecule has 0 aliphatic rings. The molecule has 29 heavy (non-hydrogen) atoms. The largest absolute Gasteiger partial charge is 0.445 e. The minimum atomic E-state index is -0.812. The zero-order valence-electron chi connectivity index (χ0n) is 16.9. The molecule has 7 nitrogen and oxygen atoms in total. The normalized spacial score (nSPS) is 13.1. The van der Waals surface area contributed by atoms with Gasteiger partial charge in [-0.15, -0.1) is 0 Å². The Morgan fingerprint density at radius 2 is 1.52 bits per heavy atom. The van der Waals surface area contributed by atoms with Gasteiger partial charge in [-0.25, -0.2) is 9.59 Å². The maximum absolute atomic E-state index is 12.3.